The van der Waals surface area contributed by atoms with Crippen LogP contribution in [0.15, 0.2) is 23.2 Å². The molecule has 0 aliphatic heterocycles. The lowest BCUT2D eigenvalue weighted by Gasteiger charge is -2.28. The van der Waals surface area contributed by atoms with E-state index in [2.05, 4.69) is 4.98 Å². The van der Waals surface area contributed by atoms with Gasteiger partial charge < -0.3 is 5.73 Å². The van der Waals surface area contributed by atoms with Crippen molar-refractivity contribution in [3.63, 3.8) is 0 Å². The molecule has 0 atom stereocenters. The van der Waals surface area contributed by atoms with Crippen LogP contribution < -0.4 is 5.73 Å². The fourth-order valence-corrected chi connectivity index (χ4v) is 2.84. The number of sulfonamides is 1. The van der Waals surface area contributed by atoms with Gasteiger partial charge in [-0.1, -0.05) is 13.8 Å². The first kappa shape index (κ1) is 15.6. The molecule has 0 bridgehead atoms. The highest BCUT2D eigenvalue weighted by atomic mass is 32.2. The Kier molecular flexibility index (Phi) is 4.63. The highest BCUT2D eigenvalue weighted by Gasteiger charge is 2.27. The second-order valence-corrected chi connectivity index (χ2v) is 7.17. The molecule has 0 amide bonds. The normalized spacial score (nSPS) is 12.4. The molecule has 0 aromatic carbocycles. The highest BCUT2D eigenvalue weighted by molar-refractivity contribution is 7.89. The van der Waals surface area contributed by atoms with Crippen LogP contribution in [0, 0.1) is 16.7 Å². The number of nitriles is 1. The molecule has 19 heavy (non-hydrogen) atoms. The van der Waals surface area contributed by atoms with Gasteiger partial charge in [0.15, 0.2) is 0 Å². The lowest BCUT2D eigenvalue weighted by Crippen LogP contribution is -2.39. The number of nitrogens with two attached hydrogens (primary N) is 1. The molecule has 104 valence electrons. The van der Waals surface area contributed by atoms with Crippen molar-refractivity contribution in [1.29, 1.82) is 5.26 Å². The maximum atomic E-state index is 12.3. The lowest BCUT2D eigenvalue weighted by atomic mass is 9.94. The van der Waals surface area contributed by atoms with E-state index in [1.54, 1.807) is 0 Å². The van der Waals surface area contributed by atoms with Gasteiger partial charge in [-0.15, -0.1) is 0 Å². The largest absolute Gasteiger partial charge is 0.330 e. The Morgan fingerprint density at radius 3 is 2.53 bits per heavy atom. The number of aromatic nitrogens is 1. The maximum absolute atomic E-state index is 12.3. The summed E-state index contributed by atoms with van der Waals surface area (Å²) in [6.07, 6.45) is 1.19. The summed E-state index contributed by atoms with van der Waals surface area (Å²) in [6, 6.07) is 4.61. The van der Waals surface area contributed by atoms with Crippen molar-refractivity contribution in [2.45, 2.75) is 18.7 Å². The zero-order valence-corrected chi connectivity index (χ0v) is 12.1. The number of pyridine rings is 1. The standard InChI is InChI=1S/C12H18N4O2S/c1-12(2,8-14)9-16(3)19(17,18)11-5-4-10(6-13)15-7-11/h4-5,7H,8-9,14H2,1-3H3. The third-order valence-electron chi connectivity index (χ3n) is 2.76. The van der Waals surface area contributed by atoms with Gasteiger partial charge in [0.1, 0.15) is 16.7 Å². The van der Waals surface area contributed by atoms with Crippen LogP contribution in [0.5, 0.6) is 0 Å². The molecule has 6 nitrogen and oxygen atoms in total. The van der Waals surface area contributed by atoms with Gasteiger partial charge in [0.2, 0.25) is 10.0 Å². The van der Waals surface area contributed by atoms with Crippen LogP contribution in [-0.2, 0) is 10.0 Å². The monoisotopic (exact) mass is 282 g/mol. The van der Waals surface area contributed by atoms with Crippen LogP contribution in [0.25, 0.3) is 0 Å². The van der Waals surface area contributed by atoms with Crippen molar-refractivity contribution in [2.75, 3.05) is 20.1 Å². The first-order valence-electron chi connectivity index (χ1n) is 5.75. The van der Waals surface area contributed by atoms with Crippen molar-refractivity contribution in [1.82, 2.24) is 9.29 Å². The Labute approximate surface area is 113 Å². The van der Waals surface area contributed by atoms with E-state index in [9.17, 15) is 8.42 Å². The predicted molar refractivity (Wildman–Crippen MR) is 71.6 cm³/mol. The van der Waals surface area contributed by atoms with E-state index >= 15 is 0 Å². The van der Waals surface area contributed by atoms with E-state index < -0.39 is 10.0 Å². The van der Waals surface area contributed by atoms with E-state index in [0.717, 1.165) is 0 Å². The minimum absolute atomic E-state index is 0.0711. The molecular weight excluding hydrogens is 264 g/mol. The summed E-state index contributed by atoms with van der Waals surface area (Å²) in [4.78, 5) is 3.84. The molecular formula is C12H18N4O2S. The van der Waals surface area contributed by atoms with Gasteiger partial charge in [-0.25, -0.2) is 17.7 Å². The van der Waals surface area contributed by atoms with Crippen molar-refractivity contribution in [2.24, 2.45) is 11.1 Å². The van der Waals surface area contributed by atoms with Crippen LogP contribution in [0.1, 0.15) is 19.5 Å². The quantitative estimate of drug-likeness (QED) is 0.850. The molecule has 2 N–H and O–H groups in total. The summed E-state index contributed by atoms with van der Waals surface area (Å²) < 4.78 is 25.8. The van der Waals surface area contributed by atoms with Crippen molar-refractivity contribution in [3.8, 4) is 6.07 Å². The molecule has 7 heteroatoms. The topological polar surface area (TPSA) is 100 Å². The number of nitrogens with zero attached hydrogens (tertiary/aromatic N) is 3. The summed E-state index contributed by atoms with van der Waals surface area (Å²) in [6.45, 7) is 4.50. The van der Waals surface area contributed by atoms with Crippen LogP contribution >= 0.6 is 0 Å². The van der Waals surface area contributed by atoms with E-state index in [4.69, 9.17) is 11.0 Å². The lowest BCUT2D eigenvalue weighted by molar-refractivity contribution is 0.292. The fourth-order valence-electron chi connectivity index (χ4n) is 1.53. The SMILES string of the molecule is CN(CC(C)(C)CN)S(=O)(=O)c1ccc(C#N)nc1. The Morgan fingerprint density at radius 2 is 2.11 bits per heavy atom. The minimum Gasteiger partial charge on any atom is -0.330 e. The molecule has 0 spiro atoms. The molecule has 0 fully saturated rings. The Balaban J connectivity index is 3.00. The van der Waals surface area contributed by atoms with Gasteiger partial charge >= 0.3 is 0 Å². The van der Waals surface area contributed by atoms with E-state index in [0.29, 0.717) is 13.1 Å². The van der Waals surface area contributed by atoms with Crippen molar-refractivity contribution in [3.05, 3.63) is 24.0 Å². The highest BCUT2D eigenvalue weighted by Crippen LogP contribution is 2.20. The maximum Gasteiger partial charge on any atom is 0.244 e. The summed E-state index contributed by atoms with van der Waals surface area (Å²) in [5, 5.41) is 8.64. The number of hydrogen-bond acceptors (Lipinski definition) is 5. The molecule has 0 unspecified atom stereocenters. The molecule has 1 aromatic rings. The molecule has 1 heterocycles. The zero-order valence-electron chi connectivity index (χ0n) is 11.3. The minimum atomic E-state index is -3.60. The smallest absolute Gasteiger partial charge is 0.244 e. The average molecular weight is 282 g/mol. The summed E-state index contributed by atoms with van der Waals surface area (Å²) in [5.74, 6) is 0. The first-order valence-corrected chi connectivity index (χ1v) is 7.19. The predicted octanol–water partition coefficient (Wildman–Crippen LogP) is 0.559. The summed E-state index contributed by atoms with van der Waals surface area (Å²) >= 11 is 0. The van der Waals surface area contributed by atoms with E-state index in [-0.39, 0.29) is 16.0 Å². The van der Waals surface area contributed by atoms with Crippen molar-refractivity contribution >= 4 is 10.0 Å². The summed E-state index contributed by atoms with van der Waals surface area (Å²) in [5.41, 5.74) is 5.48. The zero-order chi connectivity index (χ0) is 14.7. The molecule has 0 aliphatic rings. The molecule has 0 radical (unpaired) electrons. The Morgan fingerprint density at radius 1 is 1.47 bits per heavy atom. The third kappa shape index (κ3) is 3.73. The van der Waals surface area contributed by atoms with Gasteiger partial charge in [-0.05, 0) is 24.1 Å². The summed E-state index contributed by atoms with van der Waals surface area (Å²) in [7, 11) is -2.10. The average Bonchev–Trinajstić information content (AvgIpc) is 2.38. The number of rotatable bonds is 5. The Bertz CT molecular complexity index is 573. The van der Waals surface area contributed by atoms with Crippen LogP contribution in [-0.4, -0.2) is 37.8 Å². The van der Waals surface area contributed by atoms with Crippen molar-refractivity contribution < 1.29 is 8.42 Å². The number of hydrogen-bond donors (Lipinski definition) is 1. The first-order chi connectivity index (χ1) is 8.73. The third-order valence-corrected chi connectivity index (χ3v) is 4.55. The van der Waals surface area contributed by atoms with E-state index in [1.165, 1.54) is 29.7 Å². The molecule has 0 aliphatic carbocycles. The van der Waals surface area contributed by atoms with Gasteiger partial charge in [-0.2, -0.15) is 5.26 Å². The van der Waals surface area contributed by atoms with Crippen LogP contribution in [0.3, 0.4) is 0 Å². The molecule has 1 rings (SSSR count). The molecule has 0 saturated carbocycles. The molecule has 1 aromatic heterocycles. The van der Waals surface area contributed by atoms with E-state index in [1.807, 2.05) is 19.9 Å². The van der Waals surface area contributed by atoms with Gasteiger partial charge in [-0.3, -0.25) is 0 Å². The van der Waals surface area contributed by atoms with Crippen LogP contribution in [0.4, 0.5) is 0 Å². The van der Waals surface area contributed by atoms with Gasteiger partial charge in [0.05, 0.1) is 0 Å². The fraction of sp³-hybridized carbons (Fsp3) is 0.500. The Hall–Kier alpha value is -1.49. The van der Waals surface area contributed by atoms with Crippen LogP contribution in [0.2, 0.25) is 0 Å². The van der Waals surface area contributed by atoms with Gasteiger partial charge in [0, 0.05) is 19.8 Å². The second kappa shape index (κ2) is 5.65. The van der Waals surface area contributed by atoms with Gasteiger partial charge in [0.25, 0.3) is 0 Å². The molecule has 0 saturated heterocycles. The second-order valence-electron chi connectivity index (χ2n) is 5.12.